The molecule has 68 valence electrons. The quantitative estimate of drug-likeness (QED) is 0.642. The molecule has 0 aromatic heterocycles. The summed E-state index contributed by atoms with van der Waals surface area (Å²) in [7, 11) is 0. The van der Waals surface area contributed by atoms with Crippen molar-refractivity contribution in [2.45, 2.75) is 13.3 Å². The lowest BCUT2D eigenvalue weighted by Gasteiger charge is -2.07. The van der Waals surface area contributed by atoms with E-state index in [1.807, 2.05) is 6.08 Å². The zero-order valence-electron chi connectivity index (χ0n) is 7.58. The maximum Gasteiger partial charge on any atom is 0.261 e. The van der Waals surface area contributed by atoms with E-state index in [1.54, 1.807) is 18.3 Å². The number of carbonyl (C=O) groups is 1. The molecule has 0 bridgehead atoms. The molecule has 3 nitrogen and oxygen atoms in total. The van der Waals surface area contributed by atoms with Crippen molar-refractivity contribution >= 4 is 5.78 Å². The second-order valence-electron chi connectivity index (χ2n) is 2.97. The Morgan fingerprint density at radius 3 is 3.23 bits per heavy atom. The van der Waals surface area contributed by atoms with Crippen LogP contribution in [0, 0.1) is 17.2 Å². The van der Waals surface area contributed by atoms with Gasteiger partial charge in [-0.25, -0.2) is 0 Å². The zero-order valence-corrected chi connectivity index (χ0v) is 7.58. The lowest BCUT2D eigenvalue weighted by molar-refractivity contribution is -0.110. The predicted octanol–water partition coefficient (Wildman–Crippen LogP) is 1.15. The summed E-state index contributed by atoms with van der Waals surface area (Å²) in [5, 5.41) is 11.5. The van der Waals surface area contributed by atoms with Crippen LogP contribution in [0.1, 0.15) is 13.3 Å². The fourth-order valence-corrected chi connectivity index (χ4v) is 1.21. The van der Waals surface area contributed by atoms with Gasteiger partial charge in [-0.2, -0.15) is 5.26 Å². The van der Waals surface area contributed by atoms with Gasteiger partial charge in [-0.15, -0.1) is 0 Å². The van der Waals surface area contributed by atoms with Crippen molar-refractivity contribution in [2.75, 3.05) is 6.54 Å². The topological polar surface area (TPSA) is 52.9 Å². The van der Waals surface area contributed by atoms with Crippen LogP contribution >= 0.6 is 0 Å². The first-order valence-corrected chi connectivity index (χ1v) is 4.34. The Hall–Kier alpha value is -1.56. The number of ketones is 1. The smallest absolute Gasteiger partial charge is 0.261 e. The first kappa shape index (κ1) is 9.53. The molecule has 0 aliphatic carbocycles. The minimum absolute atomic E-state index is 0.335. The molecule has 0 fully saturated rings. The number of rotatable bonds is 2. The highest BCUT2D eigenvalue weighted by atomic mass is 16.1. The Bertz CT molecular complexity index is 297. The first-order chi connectivity index (χ1) is 6.27. The van der Waals surface area contributed by atoms with Crippen molar-refractivity contribution in [1.29, 1.82) is 5.26 Å². The Balaban J connectivity index is 2.85. The molecule has 0 aromatic rings. The van der Waals surface area contributed by atoms with E-state index in [0.717, 1.165) is 13.0 Å². The van der Waals surface area contributed by atoms with E-state index >= 15 is 0 Å². The number of carbonyl (C=O) groups excluding carboxylic acids is 1. The highest BCUT2D eigenvalue weighted by Gasteiger charge is 2.11. The fraction of sp³-hybridized carbons (Fsp3) is 0.400. The third kappa shape index (κ3) is 2.45. The molecule has 3 heteroatoms. The molecule has 1 heterocycles. The second kappa shape index (κ2) is 4.46. The molecule has 0 amide bonds. The van der Waals surface area contributed by atoms with Crippen LogP contribution < -0.4 is 5.32 Å². The number of nitriles is 1. The third-order valence-electron chi connectivity index (χ3n) is 2.06. The highest BCUT2D eigenvalue weighted by Crippen LogP contribution is 2.11. The van der Waals surface area contributed by atoms with E-state index in [1.165, 1.54) is 0 Å². The van der Waals surface area contributed by atoms with Crippen LogP contribution in [-0.2, 0) is 4.79 Å². The van der Waals surface area contributed by atoms with Gasteiger partial charge in [0.05, 0.1) is 0 Å². The molecule has 0 radical (unpaired) electrons. The van der Waals surface area contributed by atoms with Gasteiger partial charge in [-0.3, -0.25) is 4.79 Å². The number of hydrogen-bond donors (Lipinski definition) is 1. The van der Waals surface area contributed by atoms with Gasteiger partial charge in [0.15, 0.2) is 0 Å². The Morgan fingerprint density at radius 2 is 2.62 bits per heavy atom. The van der Waals surface area contributed by atoms with E-state index in [0.29, 0.717) is 11.5 Å². The van der Waals surface area contributed by atoms with Crippen LogP contribution in [0.2, 0.25) is 0 Å². The fourth-order valence-electron chi connectivity index (χ4n) is 1.21. The number of nitrogens with zero attached hydrogens (tertiary/aromatic N) is 1. The highest BCUT2D eigenvalue weighted by molar-refractivity contribution is 6.08. The largest absolute Gasteiger partial charge is 0.390 e. The molecule has 1 aliphatic rings. The predicted molar refractivity (Wildman–Crippen MR) is 49.6 cm³/mol. The summed E-state index contributed by atoms with van der Waals surface area (Å²) < 4.78 is 0. The van der Waals surface area contributed by atoms with E-state index in [-0.39, 0.29) is 0 Å². The maximum absolute atomic E-state index is 11.1. The molecule has 0 saturated heterocycles. The van der Waals surface area contributed by atoms with Crippen molar-refractivity contribution in [3.8, 4) is 6.07 Å². The van der Waals surface area contributed by atoms with E-state index < -0.39 is 5.78 Å². The van der Waals surface area contributed by atoms with Crippen molar-refractivity contribution in [2.24, 2.45) is 5.92 Å². The molecule has 0 saturated carbocycles. The van der Waals surface area contributed by atoms with Gasteiger partial charge in [0, 0.05) is 12.1 Å². The summed E-state index contributed by atoms with van der Waals surface area (Å²) in [5.74, 6) is -0.124. The second-order valence-corrected chi connectivity index (χ2v) is 2.97. The van der Waals surface area contributed by atoms with Gasteiger partial charge >= 0.3 is 0 Å². The van der Waals surface area contributed by atoms with Gasteiger partial charge in [0.1, 0.15) is 6.07 Å². The number of hydrogen-bond acceptors (Lipinski definition) is 3. The summed E-state index contributed by atoms with van der Waals surface area (Å²) in [6.07, 6.45) is 6.21. The lowest BCUT2D eigenvalue weighted by Crippen LogP contribution is -2.14. The first-order valence-electron chi connectivity index (χ1n) is 4.34. The summed E-state index contributed by atoms with van der Waals surface area (Å²) in [4.78, 5) is 11.1. The third-order valence-corrected chi connectivity index (χ3v) is 2.06. The van der Waals surface area contributed by atoms with Crippen molar-refractivity contribution in [1.82, 2.24) is 5.32 Å². The van der Waals surface area contributed by atoms with Gasteiger partial charge in [-0.05, 0) is 24.6 Å². The van der Waals surface area contributed by atoms with Crippen LogP contribution in [-0.4, -0.2) is 12.3 Å². The summed E-state index contributed by atoms with van der Waals surface area (Å²) in [6, 6.07) is 1.62. The van der Waals surface area contributed by atoms with Crippen LogP contribution in [0.15, 0.2) is 23.9 Å². The molecule has 0 spiro atoms. The molecular formula is C10H12N2O. The van der Waals surface area contributed by atoms with E-state index in [9.17, 15) is 4.79 Å². The van der Waals surface area contributed by atoms with Gasteiger partial charge in [0.2, 0.25) is 0 Å². The molecular weight excluding hydrogens is 164 g/mol. The number of nitrogens with one attached hydrogen (secondary N) is 1. The van der Waals surface area contributed by atoms with Crippen molar-refractivity contribution in [3.63, 3.8) is 0 Å². The molecule has 1 aliphatic heterocycles. The molecule has 1 rings (SSSR count). The van der Waals surface area contributed by atoms with Gasteiger partial charge < -0.3 is 5.32 Å². The maximum atomic E-state index is 11.1. The van der Waals surface area contributed by atoms with E-state index in [4.69, 9.17) is 5.26 Å². The molecule has 0 aromatic carbocycles. The molecule has 1 unspecified atom stereocenters. The lowest BCUT2D eigenvalue weighted by atomic mass is 10.0. The Morgan fingerprint density at radius 1 is 1.85 bits per heavy atom. The standard InChI is InChI=1S/C10H12N2O/c1-2-8-5-9(10(13)6-11)3-4-12-7-8/h3-5,8,12H,2,7H2,1H3. The minimum Gasteiger partial charge on any atom is -0.390 e. The van der Waals surface area contributed by atoms with Crippen LogP contribution in [0.25, 0.3) is 0 Å². The number of allylic oxidation sites excluding steroid dienone is 2. The molecule has 13 heavy (non-hydrogen) atoms. The Kier molecular flexibility index (Phi) is 3.27. The molecule has 1 N–H and O–H groups in total. The summed E-state index contributed by atoms with van der Waals surface area (Å²) in [6.45, 7) is 2.89. The summed E-state index contributed by atoms with van der Waals surface area (Å²) >= 11 is 0. The van der Waals surface area contributed by atoms with Crippen molar-refractivity contribution < 1.29 is 4.79 Å². The monoisotopic (exact) mass is 176 g/mol. The van der Waals surface area contributed by atoms with Crippen LogP contribution in [0.5, 0.6) is 0 Å². The van der Waals surface area contributed by atoms with Gasteiger partial charge in [-0.1, -0.05) is 13.0 Å². The molecule has 1 atom stereocenters. The van der Waals surface area contributed by atoms with Crippen LogP contribution in [0.4, 0.5) is 0 Å². The summed E-state index contributed by atoms with van der Waals surface area (Å²) in [5.41, 5.74) is 0.499. The average molecular weight is 176 g/mol. The zero-order chi connectivity index (χ0) is 9.68. The van der Waals surface area contributed by atoms with Crippen LogP contribution in [0.3, 0.4) is 0 Å². The normalized spacial score (nSPS) is 20.9. The minimum atomic E-state index is -0.460. The van der Waals surface area contributed by atoms with E-state index in [2.05, 4.69) is 12.2 Å². The van der Waals surface area contributed by atoms with Crippen molar-refractivity contribution in [3.05, 3.63) is 23.9 Å². The average Bonchev–Trinajstić information content (AvgIpc) is 2.41. The SMILES string of the molecule is CCC1C=C(C(=O)C#N)C=CNC1. The Labute approximate surface area is 77.7 Å². The van der Waals surface area contributed by atoms with Gasteiger partial charge in [0.25, 0.3) is 5.78 Å². The number of Topliss-reactive ketones (excluding diaryl/α,β-unsaturated/α-hetero) is 1.